The Morgan fingerprint density at radius 2 is 1.94 bits per heavy atom. The van der Waals surface area contributed by atoms with Gasteiger partial charge in [-0.15, -0.1) is 0 Å². The maximum absolute atomic E-state index is 8.88. The van der Waals surface area contributed by atoms with Gasteiger partial charge in [0, 0.05) is 6.04 Å². The Labute approximate surface area is 109 Å². The van der Waals surface area contributed by atoms with Crippen molar-refractivity contribution in [3.05, 3.63) is 23.8 Å². The predicted octanol–water partition coefficient (Wildman–Crippen LogP) is 1.61. The Morgan fingerprint density at radius 1 is 1.22 bits per heavy atom. The first-order chi connectivity index (χ1) is 8.71. The van der Waals surface area contributed by atoms with Gasteiger partial charge in [-0.3, -0.25) is 0 Å². The average molecular weight is 253 g/mol. The zero-order valence-electron chi connectivity index (χ0n) is 11.4. The van der Waals surface area contributed by atoms with Crippen LogP contribution in [0.5, 0.6) is 11.5 Å². The molecule has 102 valence electrons. The molecule has 1 unspecified atom stereocenters. The lowest BCUT2D eigenvalue weighted by Gasteiger charge is -2.11. The van der Waals surface area contributed by atoms with E-state index in [4.69, 9.17) is 14.6 Å². The first-order valence-electron chi connectivity index (χ1n) is 6.26. The zero-order valence-corrected chi connectivity index (χ0v) is 11.4. The van der Waals surface area contributed by atoms with E-state index in [0.29, 0.717) is 0 Å². The minimum absolute atomic E-state index is 0.162. The van der Waals surface area contributed by atoms with Crippen molar-refractivity contribution >= 4 is 0 Å². The third-order valence-electron chi connectivity index (χ3n) is 2.86. The molecule has 4 heteroatoms. The molecule has 4 nitrogen and oxygen atoms in total. The van der Waals surface area contributed by atoms with E-state index in [9.17, 15) is 0 Å². The van der Waals surface area contributed by atoms with Gasteiger partial charge in [-0.25, -0.2) is 0 Å². The zero-order chi connectivity index (χ0) is 13.4. The molecule has 0 saturated carbocycles. The van der Waals surface area contributed by atoms with E-state index in [1.165, 1.54) is 5.56 Å². The summed E-state index contributed by atoms with van der Waals surface area (Å²) < 4.78 is 10.5. The first kappa shape index (κ1) is 14.8. The fourth-order valence-corrected chi connectivity index (χ4v) is 1.74. The number of aryl methyl sites for hydroxylation is 1. The van der Waals surface area contributed by atoms with Gasteiger partial charge in [-0.1, -0.05) is 6.07 Å². The van der Waals surface area contributed by atoms with Gasteiger partial charge in [0.25, 0.3) is 0 Å². The number of nitrogens with one attached hydrogen (secondary N) is 1. The number of ether oxygens (including phenoxy) is 2. The number of hydrogen-bond acceptors (Lipinski definition) is 4. The van der Waals surface area contributed by atoms with Gasteiger partial charge in [-0.05, 0) is 44.0 Å². The molecule has 1 aromatic rings. The third kappa shape index (κ3) is 4.55. The summed E-state index contributed by atoms with van der Waals surface area (Å²) in [6.45, 7) is 3.04. The van der Waals surface area contributed by atoms with Crippen molar-refractivity contribution in [2.45, 2.75) is 25.8 Å². The molecule has 1 atom stereocenters. The second-order valence-electron chi connectivity index (χ2n) is 4.33. The molecule has 0 aromatic heterocycles. The second-order valence-corrected chi connectivity index (χ2v) is 4.33. The lowest BCUT2D eigenvalue weighted by atomic mass is 10.1. The summed E-state index contributed by atoms with van der Waals surface area (Å²) in [5.41, 5.74) is 1.23. The van der Waals surface area contributed by atoms with E-state index < -0.39 is 0 Å². The van der Waals surface area contributed by atoms with Gasteiger partial charge in [-0.2, -0.15) is 0 Å². The monoisotopic (exact) mass is 253 g/mol. The van der Waals surface area contributed by atoms with Crippen molar-refractivity contribution in [3.8, 4) is 11.5 Å². The molecular formula is C14H23NO3. The average Bonchev–Trinajstić information content (AvgIpc) is 2.42. The van der Waals surface area contributed by atoms with Gasteiger partial charge >= 0.3 is 0 Å². The molecule has 1 rings (SSSR count). The molecule has 0 radical (unpaired) electrons. The highest BCUT2D eigenvalue weighted by molar-refractivity contribution is 5.42. The quantitative estimate of drug-likeness (QED) is 0.691. The highest BCUT2D eigenvalue weighted by Gasteiger charge is 2.04. The molecule has 0 aliphatic carbocycles. The van der Waals surface area contributed by atoms with Crippen LogP contribution in [0, 0.1) is 0 Å². The Balaban J connectivity index is 2.43. The van der Waals surface area contributed by atoms with Crippen LogP contribution < -0.4 is 14.8 Å². The van der Waals surface area contributed by atoms with E-state index in [0.717, 1.165) is 30.9 Å². The van der Waals surface area contributed by atoms with Crippen LogP contribution >= 0.6 is 0 Å². The van der Waals surface area contributed by atoms with Crippen molar-refractivity contribution < 1.29 is 14.6 Å². The molecule has 1 aromatic carbocycles. The fourth-order valence-electron chi connectivity index (χ4n) is 1.74. The van der Waals surface area contributed by atoms with Crippen molar-refractivity contribution in [3.63, 3.8) is 0 Å². The van der Waals surface area contributed by atoms with Crippen molar-refractivity contribution in [2.24, 2.45) is 0 Å². The van der Waals surface area contributed by atoms with Gasteiger partial charge in [0.1, 0.15) is 0 Å². The lowest BCUT2D eigenvalue weighted by molar-refractivity contribution is 0.251. The molecular weight excluding hydrogens is 230 g/mol. The number of methoxy groups -OCH3 is 2. The largest absolute Gasteiger partial charge is 0.493 e. The Hall–Kier alpha value is -1.26. The van der Waals surface area contributed by atoms with E-state index in [2.05, 4.69) is 11.4 Å². The topological polar surface area (TPSA) is 50.7 Å². The Kier molecular flexibility index (Phi) is 6.54. The van der Waals surface area contributed by atoms with E-state index in [1.54, 1.807) is 14.2 Å². The summed E-state index contributed by atoms with van der Waals surface area (Å²) in [4.78, 5) is 0. The summed E-state index contributed by atoms with van der Waals surface area (Å²) in [7, 11) is 3.28. The number of aliphatic hydroxyl groups excluding tert-OH is 1. The molecule has 0 saturated heterocycles. The van der Waals surface area contributed by atoms with Crippen LogP contribution in [0.3, 0.4) is 0 Å². The second kappa shape index (κ2) is 7.95. The number of hydrogen-bond donors (Lipinski definition) is 2. The maximum Gasteiger partial charge on any atom is 0.160 e. The summed E-state index contributed by atoms with van der Waals surface area (Å²) >= 11 is 0. The molecule has 0 aliphatic heterocycles. The molecule has 0 spiro atoms. The number of benzene rings is 1. The standard InChI is InChI=1S/C14H23NO3/c1-11(10-16)15-8-4-5-12-6-7-13(17-2)14(9-12)18-3/h6-7,9,11,15-16H,4-5,8,10H2,1-3H3. The molecule has 0 heterocycles. The minimum Gasteiger partial charge on any atom is -0.493 e. The molecule has 0 fully saturated rings. The van der Waals surface area contributed by atoms with E-state index in [-0.39, 0.29) is 12.6 Å². The van der Waals surface area contributed by atoms with E-state index in [1.807, 2.05) is 19.1 Å². The van der Waals surface area contributed by atoms with E-state index >= 15 is 0 Å². The van der Waals surface area contributed by atoms with Crippen LogP contribution in [0.1, 0.15) is 18.9 Å². The fraction of sp³-hybridized carbons (Fsp3) is 0.571. The molecule has 2 N–H and O–H groups in total. The van der Waals surface area contributed by atoms with Crippen molar-refractivity contribution in [1.29, 1.82) is 0 Å². The number of aliphatic hydroxyl groups is 1. The van der Waals surface area contributed by atoms with Crippen LogP contribution in [0.4, 0.5) is 0 Å². The van der Waals surface area contributed by atoms with Gasteiger partial charge in [0.05, 0.1) is 20.8 Å². The van der Waals surface area contributed by atoms with Crippen molar-refractivity contribution in [2.75, 3.05) is 27.4 Å². The molecule has 18 heavy (non-hydrogen) atoms. The Bertz CT molecular complexity index is 355. The SMILES string of the molecule is COc1ccc(CCCNC(C)CO)cc1OC. The van der Waals surface area contributed by atoms with Gasteiger partial charge in [0.2, 0.25) is 0 Å². The summed E-state index contributed by atoms with van der Waals surface area (Å²) in [6, 6.07) is 6.15. The molecule has 0 aliphatic rings. The molecule has 0 bridgehead atoms. The minimum atomic E-state index is 0.162. The van der Waals surface area contributed by atoms with Crippen LogP contribution in [0.2, 0.25) is 0 Å². The third-order valence-corrected chi connectivity index (χ3v) is 2.86. The van der Waals surface area contributed by atoms with Crippen molar-refractivity contribution in [1.82, 2.24) is 5.32 Å². The van der Waals surface area contributed by atoms with Crippen LogP contribution in [0.25, 0.3) is 0 Å². The van der Waals surface area contributed by atoms with Crippen LogP contribution in [0.15, 0.2) is 18.2 Å². The smallest absolute Gasteiger partial charge is 0.160 e. The maximum atomic E-state index is 8.88. The summed E-state index contributed by atoms with van der Waals surface area (Å²) in [6.07, 6.45) is 2.01. The molecule has 0 amide bonds. The number of rotatable bonds is 8. The highest BCUT2D eigenvalue weighted by Crippen LogP contribution is 2.27. The Morgan fingerprint density at radius 3 is 2.56 bits per heavy atom. The summed E-state index contributed by atoms with van der Waals surface area (Å²) in [5.74, 6) is 1.53. The first-order valence-corrected chi connectivity index (χ1v) is 6.26. The normalized spacial score (nSPS) is 12.2. The summed E-state index contributed by atoms with van der Waals surface area (Å²) in [5, 5.41) is 12.1. The van der Waals surface area contributed by atoms with Gasteiger partial charge in [0.15, 0.2) is 11.5 Å². The van der Waals surface area contributed by atoms with Gasteiger partial charge < -0.3 is 19.9 Å². The predicted molar refractivity (Wildman–Crippen MR) is 72.4 cm³/mol. The van der Waals surface area contributed by atoms with Crippen LogP contribution in [-0.4, -0.2) is 38.5 Å². The highest BCUT2D eigenvalue weighted by atomic mass is 16.5. The lowest BCUT2D eigenvalue weighted by Crippen LogP contribution is -2.30. The van der Waals surface area contributed by atoms with Crippen LogP contribution in [-0.2, 0) is 6.42 Å².